The van der Waals surface area contributed by atoms with E-state index >= 15 is 0 Å². The summed E-state index contributed by atoms with van der Waals surface area (Å²) in [6.07, 6.45) is 3.50. The van der Waals surface area contributed by atoms with E-state index in [0.717, 1.165) is 25.7 Å². The summed E-state index contributed by atoms with van der Waals surface area (Å²) >= 11 is 0. The van der Waals surface area contributed by atoms with E-state index in [2.05, 4.69) is 4.74 Å². The van der Waals surface area contributed by atoms with Crippen LogP contribution >= 0.6 is 0 Å². The number of ether oxygens (including phenoxy) is 1. The minimum Gasteiger partial charge on any atom is -0.375 e. The van der Waals surface area contributed by atoms with Crippen LogP contribution in [-0.4, -0.2) is 17.3 Å². The zero-order valence-electron chi connectivity index (χ0n) is 7.28. The molecule has 1 rings (SSSR count). The zero-order chi connectivity index (χ0) is 9.68. The van der Waals surface area contributed by atoms with Crippen LogP contribution in [0, 0.1) is 5.92 Å². The standard InChI is InChI=1S/C8H13NO4/c10-7(13-8(11)9-12)5-6-3-1-2-4-6/h6,12H,1-5H2,(H,9,11). The fourth-order valence-corrected chi connectivity index (χ4v) is 1.62. The van der Waals surface area contributed by atoms with Crippen molar-refractivity contribution in [3.05, 3.63) is 0 Å². The molecule has 0 spiro atoms. The van der Waals surface area contributed by atoms with Crippen LogP contribution in [0.5, 0.6) is 0 Å². The van der Waals surface area contributed by atoms with Crippen LogP contribution in [0.25, 0.3) is 0 Å². The van der Waals surface area contributed by atoms with Crippen LogP contribution in [-0.2, 0) is 9.53 Å². The molecule has 13 heavy (non-hydrogen) atoms. The minimum atomic E-state index is -1.11. The smallest absolute Gasteiger partial charge is 0.375 e. The van der Waals surface area contributed by atoms with Crippen LogP contribution in [0.2, 0.25) is 0 Å². The molecule has 0 aliphatic heterocycles. The summed E-state index contributed by atoms with van der Waals surface area (Å²) in [6.45, 7) is 0. The van der Waals surface area contributed by atoms with Gasteiger partial charge in [0.15, 0.2) is 0 Å². The second-order valence-electron chi connectivity index (χ2n) is 3.23. The zero-order valence-corrected chi connectivity index (χ0v) is 7.28. The van der Waals surface area contributed by atoms with Gasteiger partial charge >= 0.3 is 12.1 Å². The highest BCUT2D eigenvalue weighted by molar-refractivity contribution is 5.83. The Hall–Kier alpha value is -1.10. The second-order valence-corrected chi connectivity index (χ2v) is 3.23. The molecule has 2 N–H and O–H groups in total. The van der Waals surface area contributed by atoms with Gasteiger partial charge in [0, 0.05) is 6.42 Å². The van der Waals surface area contributed by atoms with Gasteiger partial charge in [0.1, 0.15) is 0 Å². The SMILES string of the molecule is O=C(CC1CCCC1)OC(=O)NO. The van der Waals surface area contributed by atoms with Crippen LogP contribution in [0.3, 0.4) is 0 Å². The molecule has 1 fully saturated rings. The summed E-state index contributed by atoms with van der Waals surface area (Å²) in [5.41, 5.74) is 1.24. The summed E-state index contributed by atoms with van der Waals surface area (Å²) in [7, 11) is 0. The molecule has 5 nitrogen and oxygen atoms in total. The molecule has 1 amide bonds. The van der Waals surface area contributed by atoms with Crippen LogP contribution in [0.4, 0.5) is 4.79 Å². The van der Waals surface area contributed by atoms with Gasteiger partial charge < -0.3 is 4.74 Å². The van der Waals surface area contributed by atoms with Gasteiger partial charge in [-0.1, -0.05) is 12.8 Å². The summed E-state index contributed by atoms with van der Waals surface area (Å²) in [6, 6.07) is 0. The van der Waals surface area contributed by atoms with Gasteiger partial charge in [-0.3, -0.25) is 10.0 Å². The van der Waals surface area contributed by atoms with Crippen molar-refractivity contribution in [2.75, 3.05) is 0 Å². The lowest BCUT2D eigenvalue weighted by molar-refractivity contribution is -0.139. The molecule has 5 heteroatoms. The third-order valence-electron chi connectivity index (χ3n) is 2.23. The Bertz CT molecular complexity index is 198. The molecular formula is C8H13NO4. The number of rotatable bonds is 2. The molecule has 74 valence electrons. The van der Waals surface area contributed by atoms with Crippen molar-refractivity contribution in [3.8, 4) is 0 Å². The molecular weight excluding hydrogens is 174 g/mol. The van der Waals surface area contributed by atoms with Crippen molar-refractivity contribution in [1.29, 1.82) is 0 Å². The predicted molar refractivity (Wildman–Crippen MR) is 43.0 cm³/mol. The van der Waals surface area contributed by atoms with Gasteiger partial charge in [-0.05, 0) is 18.8 Å². The normalized spacial score (nSPS) is 17.0. The maximum Gasteiger partial charge on any atom is 0.438 e. The van der Waals surface area contributed by atoms with Gasteiger partial charge in [-0.15, -0.1) is 0 Å². The first-order valence-electron chi connectivity index (χ1n) is 4.37. The quantitative estimate of drug-likeness (QED) is 0.295. The van der Waals surface area contributed by atoms with E-state index in [1.807, 2.05) is 0 Å². The first-order valence-corrected chi connectivity index (χ1v) is 4.37. The van der Waals surface area contributed by atoms with E-state index in [9.17, 15) is 9.59 Å². The van der Waals surface area contributed by atoms with Crippen LogP contribution < -0.4 is 5.48 Å². The number of hydroxylamine groups is 1. The fraction of sp³-hybridized carbons (Fsp3) is 0.750. The van der Waals surface area contributed by atoms with Crippen molar-refractivity contribution in [2.45, 2.75) is 32.1 Å². The number of hydrogen-bond acceptors (Lipinski definition) is 4. The van der Waals surface area contributed by atoms with Crippen molar-refractivity contribution in [2.24, 2.45) is 5.92 Å². The number of hydrogen-bond donors (Lipinski definition) is 2. The number of carbonyl (C=O) groups excluding carboxylic acids is 2. The number of amides is 1. The van der Waals surface area contributed by atoms with Crippen molar-refractivity contribution in [3.63, 3.8) is 0 Å². The van der Waals surface area contributed by atoms with Crippen molar-refractivity contribution in [1.82, 2.24) is 5.48 Å². The Morgan fingerprint density at radius 1 is 1.38 bits per heavy atom. The van der Waals surface area contributed by atoms with E-state index in [0.29, 0.717) is 5.92 Å². The lowest BCUT2D eigenvalue weighted by Crippen LogP contribution is -2.24. The van der Waals surface area contributed by atoms with Gasteiger partial charge in [0.2, 0.25) is 0 Å². The third-order valence-corrected chi connectivity index (χ3v) is 2.23. The maximum absolute atomic E-state index is 11.0. The summed E-state index contributed by atoms with van der Waals surface area (Å²) in [5.74, 6) is -0.225. The first-order chi connectivity index (χ1) is 6.22. The average molecular weight is 187 g/mol. The molecule has 1 aliphatic rings. The third kappa shape index (κ3) is 3.42. The first kappa shape index (κ1) is 9.98. The Morgan fingerprint density at radius 3 is 2.54 bits per heavy atom. The molecule has 0 heterocycles. The van der Waals surface area contributed by atoms with Gasteiger partial charge in [-0.2, -0.15) is 0 Å². The van der Waals surface area contributed by atoms with Crippen LogP contribution in [0.1, 0.15) is 32.1 Å². The molecule has 0 aromatic heterocycles. The van der Waals surface area contributed by atoms with Crippen molar-refractivity contribution < 1.29 is 19.5 Å². The Labute approximate surface area is 76.0 Å². The summed E-state index contributed by atoms with van der Waals surface area (Å²) < 4.78 is 4.22. The van der Waals surface area contributed by atoms with E-state index in [4.69, 9.17) is 5.21 Å². The average Bonchev–Trinajstić information content (AvgIpc) is 2.56. The molecule has 0 aromatic rings. The minimum absolute atomic E-state index is 0.271. The maximum atomic E-state index is 11.0. The lowest BCUT2D eigenvalue weighted by atomic mass is 10.1. The highest BCUT2D eigenvalue weighted by Gasteiger charge is 2.20. The Morgan fingerprint density at radius 2 is 2.00 bits per heavy atom. The van der Waals surface area contributed by atoms with Crippen LogP contribution in [0.15, 0.2) is 0 Å². The van der Waals surface area contributed by atoms with E-state index < -0.39 is 12.1 Å². The van der Waals surface area contributed by atoms with E-state index in [1.54, 1.807) is 0 Å². The molecule has 1 saturated carbocycles. The topological polar surface area (TPSA) is 75.6 Å². The number of carbonyl (C=O) groups is 2. The summed E-state index contributed by atoms with van der Waals surface area (Å²) in [4.78, 5) is 21.4. The molecule has 0 unspecified atom stereocenters. The Balaban J connectivity index is 2.20. The highest BCUT2D eigenvalue weighted by Crippen LogP contribution is 2.27. The van der Waals surface area contributed by atoms with Crippen molar-refractivity contribution >= 4 is 12.1 Å². The lowest BCUT2D eigenvalue weighted by Gasteiger charge is -2.06. The molecule has 0 saturated heterocycles. The second kappa shape index (κ2) is 4.81. The molecule has 1 aliphatic carbocycles. The van der Waals surface area contributed by atoms with E-state index in [-0.39, 0.29) is 6.42 Å². The molecule has 0 aromatic carbocycles. The Kier molecular flexibility index (Phi) is 3.70. The molecule has 0 atom stereocenters. The molecule has 0 radical (unpaired) electrons. The van der Waals surface area contributed by atoms with Gasteiger partial charge in [0.25, 0.3) is 0 Å². The van der Waals surface area contributed by atoms with E-state index in [1.165, 1.54) is 5.48 Å². The summed E-state index contributed by atoms with van der Waals surface area (Å²) in [5, 5.41) is 8.07. The van der Waals surface area contributed by atoms with Gasteiger partial charge in [-0.25, -0.2) is 10.3 Å². The monoisotopic (exact) mass is 187 g/mol. The number of esters is 1. The number of nitrogens with one attached hydrogen (secondary N) is 1. The largest absolute Gasteiger partial charge is 0.438 e. The van der Waals surface area contributed by atoms with Gasteiger partial charge in [0.05, 0.1) is 0 Å². The fourth-order valence-electron chi connectivity index (χ4n) is 1.62. The highest BCUT2D eigenvalue weighted by atomic mass is 16.6. The predicted octanol–water partition coefficient (Wildman–Crippen LogP) is 1.21. The molecule has 0 bridgehead atoms.